The van der Waals surface area contributed by atoms with Crippen molar-refractivity contribution < 1.29 is 0 Å². The number of nitriles is 1. The fourth-order valence-electron chi connectivity index (χ4n) is 2.22. The van der Waals surface area contributed by atoms with Gasteiger partial charge in [-0.1, -0.05) is 72.3 Å². The van der Waals surface area contributed by atoms with Gasteiger partial charge in [0.15, 0.2) is 0 Å². The summed E-state index contributed by atoms with van der Waals surface area (Å²) < 4.78 is 0. The van der Waals surface area contributed by atoms with Crippen LogP contribution in [0.2, 0.25) is 5.15 Å². The SMILES string of the molecule is N#Cc1cc(-c2ccccc2)c(-c2ccccc2)nc1Cl. The van der Waals surface area contributed by atoms with E-state index in [1.807, 2.05) is 60.7 Å². The molecule has 3 heteroatoms. The lowest BCUT2D eigenvalue weighted by molar-refractivity contribution is 1.30. The summed E-state index contributed by atoms with van der Waals surface area (Å²) >= 11 is 6.11. The van der Waals surface area contributed by atoms with E-state index in [1.165, 1.54) is 0 Å². The number of nitrogens with zero attached hydrogens (tertiary/aromatic N) is 2. The monoisotopic (exact) mass is 290 g/mol. The third-order valence-electron chi connectivity index (χ3n) is 3.23. The van der Waals surface area contributed by atoms with E-state index in [9.17, 15) is 5.26 Å². The molecule has 100 valence electrons. The summed E-state index contributed by atoms with van der Waals surface area (Å²) in [5, 5.41) is 9.41. The van der Waals surface area contributed by atoms with Crippen LogP contribution >= 0.6 is 11.6 Å². The number of halogens is 1. The van der Waals surface area contributed by atoms with Crippen LogP contribution in [0.4, 0.5) is 0 Å². The zero-order chi connectivity index (χ0) is 14.7. The Morgan fingerprint density at radius 1 is 0.857 bits per heavy atom. The van der Waals surface area contributed by atoms with Gasteiger partial charge in [0.1, 0.15) is 11.2 Å². The molecule has 0 atom stereocenters. The first kappa shape index (κ1) is 13.4. The summed E-state index contributed by atoms with van der Waals surface area (Å²) in [6, 6.07) is 23.6. The van der Waals surface area contributed by atoms with Gasteiger partial charge in [0.2, 0.25) is 0 Å². The van der Waals surface area contributed by atoms with Crippen LogP contribution in [-0.2, 0) is 0 Å². The van der Waals surface area contributed by atoms with Gasteiger partial charge in [-0.15, -0.1) is 0 Å². The van der Waals surface area contributed by atoms with Crippen LogP contribution in [-0.4, -0.2) is 4.98 Å². The van der Waals surface area contributed by atoms with Gasteiger partial charge in [-0.25, -0.2) is 4.98 Å². The van der Waals surface area contributed by atoms with E-state index in [1.54, 1.807) is 6.07 Å². The average molecular weight is 291 g/mol. The summed E-state index contributed by atoms with van der Waals surface area (Å²) in [7, 11) is 0. The van der Waals surface area contributed by atoms with Crippen LogP contribution in [0, 0.1) is 11.3 Å². The zero-order valence-corrected chi connectivity index (χ0v) is 11.9. The highest BCUT2D eigenvalue weighted by molar-refractivity contribution is 6.30. The molecule has 0 N–H and O–H groups in total. The minimum absolute atomic E-state index is 0.232. The average Bonchev–Trinajstić information content (AvgIpc) is 2.56. The smallest absolute Gasteiger partial charge is 0.147 e. The van der Waals surface area contributed by atoms with E-state index in [0.29, 0.717) is 5.56 Å². The van der Waals surface area contributed by atoms with Gasteiger partial charge >= 0.3 is 0 Å². The molecule has 0 unspecified atom stereocenters. The molecule has 0 aliphatic heterocycles. The molecule has 3 rings (SSSR count). The van der Waals surface area contributed by atoms with Gasteiger partial charge in [0.05, 0.1) is 11.3 Å². The van der Waals surface area contributed by atoms with Crippen molar-refractivity contribution in [3.63, 3.8) is 0 Å². The van der Waals surface area contributed by atoms with Gasteiger partial charge in [-0.2, -0.15) is 5.26 Å². The predicted molar refractivity (Wildman–Crippen MR) is 84.8 cm³/mol. The summed E-state index contributed by atoms with van der Waals surface area (Å²) in [6.07, 6.45) is 0. The fourth-order valence-corrected chi connectivity index (χ4v) is 2.40. The second-order valence-corrected chi connectivity index (χ2v) is 4.92. The molecule has 2 aromatic carbocycles. The maximum Gasteiger partial charge on any atom is 0.147 e. The third-order valence-corrected chi connectivity index (χ3v) is 3.52. The van der Waals surface area contributed by atoms with Crippen LogP contribution in [0.25, 0.3) is 22.4 Å². The van der Waals surface area contributed by atoms with Gasteiger partial charge in [-0.3, -0.25) is 0 Å². The number of benzene rings is 2. The molecule has 0 saturated carbocycles. The molecule has 3 aromatic rings. The number of hydrogen-bond acceptors (Lipinski definition) is 2. The van der Waals surface area contributed by atoms with Gasteiger partial charge in [-0.05, 0) is 11.6 Å². The number of aromatic nitrogens is 1. The minimum atomic E-state index is 0.232. The predicted octanol–water partition coefficient (Wildman–Crippen LogP) is 4.94. The van der Waals surface area contributed by atoms with Crippen molar-refractivity contribution >= 4 is 11.6 Å². The van der Waals surface area contributed by atoms with Crippen LogP contribution in [0.5, 0.6) is 0 Å². The Morgan fingerprint density at radius 2 is 1.43 bits per heavy atom. The van der Waals surface area contributed by atoms with E-state index in [2.05, 4.69) is 11.1 Å². The molecule has 2 nitrogen and oxygen atoms in total. The van der Waals surface area contributed by atoms with E-state index in [4.69, 9.17) is 11.6 Å². The van der Waals surface area contributed by atoms with Crippen molar-refractivity contribution in [2.75, 3.05) is 0 Å². The summed E-state index contributed by atoms with van der Waals surface area (Å²) in [4.78, 5) is 4.43. The Balaban J connectivity index is 2.29. The molecule has 0 fully saturated rings. The Kier molecular flexibility index (Phi) is 3.68. The lowest BCUT2D eigenvalue weighted by Crippen LogP contribution is -1.93. The van der Waals surface area contributed by atoms with Crippen molar-refractivity contribution in [2.45, 2.75) is 0 Å². The largest absolute Gasteiger partial charge is 0.234 e. The Hall–Kier alpha value is -2.63. The summed E-state index contributed by atoms with van der Waals surface area (Å²) in [5.74, 6) is 0. The standard InChI is InChI=1S/C18H11ClN2/c19-18-15(12-20)11-16(13-7-3-1-4-8-13)17(21-18)14-9-5-2-6-10-14/h1-11H. The Morgan fingerprint density at radius 3 is 2.00 bits per heavy atom. The molecule has 0 bridgehead atoms. The molecule has 0 aliphatic rings. The van der Waals surface area contributed by atoms with Gasteiger partial charge < -0.3 is 0 Å². The lowest BCUT2D eigenvalue weighted by atomic mass is 9.98. The Bertz CT molecular complexity index is 806. The molecule has 0 amide bonds. The molecular formula is C18H11ClN2. The normalized spacial score (nSPS) is 10.1. The van der Waals surface area contributed by atoms with Crippen molar-refractivity contribution in [1.29, 1.82) is 5.26 Å². The molecule has 0 saturated heterocycles. The second-order valence-electron chi connectivity index (χ2n) is 4.57. The first-order chi connectivity index (χ1) is 10.3. The highest BCUT2D eigenvalue weighted by atomic mass is 35.5. The van der Waals surface area contributed by atoms with E-state index < -0.39 is 0 Å². The van der Waals surface area contributed by atoms with Crippen LogP contribution in [0.3, 0.4) is 0 Å². The zero-order valence-electron chi connectivity index (χ0n) is 11.1. The first-order valence-electron chi connectivity index (χ1n) is 6.51. The van der Waals surface area contributed by atoms with Crippen molar-refractivity contribution in [2.24, 2.45) is 0 Å². The minimum Gasteiger partial charge on any atom is -0.234 e. The maximum atomic E-state index is 9.18. The van der Waals surface area contributed by atoms with E-state index >= 15 is 0 Å². The number of rotatable bonds is 2. The fraction of sp³-hybridized carbons (Fsp3) is 0. The number of hydrogen-bond donors (Lipinski definition) is 0. The molecule has 1 heterocycles. The van der Waals surface area contributed by atoms with E-state index in [-0.39, 0.29) is 5.15 Å². The van der Waals surface area contributed by atoms with Crippen LogP contribution in [0.15, 0.2) is 66.7 Å². The number of pyridine rings is 1. The Labute approximate surface area is 128 Å². The molecule has 0 radical (unpaired) electrons. The van der Waals surface area contributed by atoms with Crippen LogP contribution < -0.4 is 0 Å². The molecule has 1 aromatic heterocycles. The highest BCUT2D eigenvalue weighted by Crippen LogP contribution is 2.33. The molecule has 21 heavy (non-hydrogen) atoms. The second kappa shape index (κ2) is 5.78. The van der Waals surface area contributed by atoms with Gasteiger partial charge in [0.25, 0.3) is 0 Å². The summed E-state index contributed by atoms with van der Waals surface area (Å²) in [5.41, 5.74) is 4.06. The highest BCUT2D eigenvalue weighted by Gasteiger charge is 2.13. The first-order valence-corrected chi connectivity index (χ1v) is 6.89. The van der Waals surface area contributed by atoms with Crippen molar-refractivity contribution in [1.82, 2.24) is 4.98 Å². The lowest BCUT2D eigenvalue weighted by Gasteiger charge is -2.11. The van der Waals surface area contributed by atoms with Crippen molar-refractivity contribution in [3.05, 3.63) is 77.4 Å². The van der Waals surface area contributed by atoms with Gasteiger partial charge in [0, 0.05) is 11.1 Å². The summed E-state index contributed by atoms with van der Waals surface area (Å²) in [6.45, 7) is 0. The maximum absolute atomic E-state index is 9.18. The van der Waals surface area contributed by atoms with Crippen molar-refractivity contribution in [3.8, 4) is 28.5 Å². The topological polar surface area (TPSA) is 36.7 Å². The quantitative estimate of drug-likeness (QED) is 0.627. The molecular weight excluding hydrogens is 280 g/mol. The van der Waals surface area contributed by atoms with E-state index in [0.717, 1.165) is 22.4 Å². The molecule has 0 spiro atoms. The molecule has 0 aliphatic carbocycles. The van der Waals surface area contributed by atoms with Crippen LogP contribution in [0.1, 0.15) is 5.56 Å². The third kappa shape index (κ3) is 2.65.